The second-order valence-electron chi connectivity index (χ2n) is 6.49. The van der Waals surface area contributed by atoms with Gasteiger partial charge in [0.1, 0.15) is 5.76 Å². The number of amidine groups is 1. The van der Waals surface area contributed by atoms with Crippen molar-refractivity contribution in [2.24, 2.45) is 10.1 Å². The molecule has 2 rings (SSSR count). The van der Waals surface area contributed by atoms with E-state index in [0.29, 0.717) is 33.8 Å². The Kier molecular flexibility index (Phi) is 5.95. The van der Waals surface area contributed by atoms with Crippen molar-refractivity contribution in [3.05, 3.63) is 52.3 Å². The lowest BCUT2D eigenvalue weighted by atomic mass is 9.98. The van der Waals surface area contributed by atoms with Gasteiger partial charge < -0.3 is 25.5 Å². The second kappa shape index (κ2) is 7.99. The molecular formula is C20H25N3O4. The zero-order valence-electron chi connectivity index (χ0n) is 16.3. The van der Waals surface area contributed by atoms with Crippen LogP contribution in [0.5, 0.6) is 11.5 Å². The highest BCUT2D eigenvalue weighted by atomic mass is 16.6. The molecule has 0 spiro atoms. The van der Waals surface area contributed by atoms with E-state index >= 15 is 0 Å². The summed E-state index contributed by atoms with van der Waals surface area (Å²) in [4.78, 5) is 9.93. The highest BCUT2D eigenvalue weighted by molar-refractivity contribution is 6.15. The molecule has 0 bridgehead atoms. The Labute approximate surface area is 158 Å². The predicted molar refractivity (Wildman–Crippen MR) is 108 cm³/mol. The minimum Gasteiger partial charge on any atom is -0.508 e. The number of aromatic hydroxyl groups is 1. The largest absolute Gasteiger partial charge is 0.508 e. The van der Waals surface area contributed by atoms with E-state index in [0.717, 1.165) is 5.57 Å². The van der Waals surface area contributed by atoms with Crippen molar-refractivity contribution in [3.63, 3.8) is 0 Å². The van der Waals surface area contributed by atoms with Gasteiger partial charge in [-0.05, 0) is 51.0 Å². The van der Waals surface area contributed by atoms with E-state index in [4.69, 9.17) is 15.3 Å². The number of benzene rings is 1. The smallest absolute Gasteiger partial charge is 0.199 e. The average Bonchev–Trinajstić information content (AvgIpc) is 2.63. The molecule has 0 unspecified atom stereocenters. The quantitative estimate of drug-likeness (QED) is 0.315. The van der Waals surface area contributed by atoms with E-state index in [1.807, 2.05) is 20.8 Å². The summed E-state index contributed by atoms with van der Waals surface area (Å²) >= 11 is 0. The molecule has 0 radical (unpaired) electrons. The third kappa shape index (κ3) is 4.13. The SMILES string of the molecule is C=C(C)/C(C1=NOCC(c2cc(N)c(O)c(OC)c2)=N1)=C(/C)C(O)=C(C)C. The number of aliphatic hydroxyl groups is 1. The monoisotopic (exact) mass is 371 g/mol. The van der Waals surface area contributed by atoms with Gasteiger partial charge in [0, 0.05) is 16.7 Å². The fourth-order valence-electron chi connectivity index (χ4n) is 2.71. The molecule has 1 aliphatic rings. The summed E-state index contributed by atoms with van der Waals surface area (Å²) in [5.41, 5.74) is 9.89. The summed E-state index contributed by atoms with van der Waals surface area (Å²) in [5, 5.41) is 24.3. The molecule has 0 saturated carbocycles. The van der Waals surface area contributed by atoms with Gasteiger partial charge in [0.25, 0.3) is 0 Å². The fraction of sp³-hybridized carbons (Fsp3) is 0.300. The Morgan fingerprint density at radius 2 is 1.93 bits per heavy atom. The first kappa shape index (κ1) is 20.1. The number of nitrogen functional groups attached to an aromatic ring is 1. The number of phenolic OH excluding ortho intramolecular Hbond substituents is 1. The molecular weight excluding hydrogens is 346 g/mol. The van der Waals surface area contributed by atoms with Crippen LogP contribution in [-0.4, -0.2) is 35.5 Å². The van der Waals surface area contributed by atoms with Gasteiger partial charge in [0.05, 0.1) is 18.5 Å². The number of aliphatic imine (C=N–C) groups is 1. The first-order valence-electron chi connectivity index (χ1n) is 8.35. The molecule has 0 fully saturated rings. The topological polar surface area (TPSA) is 110 Å². The maximum atomic E-state index is 10.3. The molecule has 144 valence electrons. The standard InChI is InChI=1S/C20H25N3O4/c1-10(2)17(12(5)18(24)11(3)4)20-22-15(9-27-23-20)13-7-14(21)19(25)16(8-13)26-6/h7-8,24-25H,1,9,21H2,2-6H3/b17-12+. The van der Waals surface area contributed by atoms with E-state index in [-0.39, 0.29) is 29.6 Å². The van der Waals surface area contributed by atoms with Crippen LogP contribution in [0.2, 0.25) is 0 Å². The minimum absolute atomic E-state index is 0.126. The van der Waals surface area contributed by atoms with Gasteiger partial charge in [-0.15, -0.1) is 0 Å². The zero-order valence-corrected chi connectivity index (χ0v) is 16.3. The number of phenols is 1. The van der Waals surface area contributed by atoms with Crippen LogP contribution in [-0.2, 0) is 4.84 Å². The van der Waals surface area contributed by atoms with Crippen LogP contribution in [0.4, 0.5) is 5.69 Å². The summed E-state index contributed by atoms with van der Waals surface area (Å²) in [5.74, 6) is 0.582. The molecule has 7 nitrogen and oxygen atoms in total. The van der Waals surface area contributed by atoms with Crippen LogP contribution in [0.1, 0.15) is 33.3 Å². The normalized spacial score (nSPS) is 14.4. The molecule has 0 aromatic heterocycles. The number of ether oxygens (including phenoxy) is 1. The average molecular weight is 371 g/mol. The predicted octanol–water partition coefficient (Wildman–Crippen LogP) is 3.86. The number of nitrogens with zero attached hydrogens (tertiary/aromatic N) is 2. The Balaban J connectivity index is 2.58. The molecule has 1 aromatic carbocycles. The highest BCUT2D eigenvalue weighted by Gasteiger charge is 2.21. The van der Waals surface area contributed by atoms with Crippen LogP contribution >= 0.6 is 0 Å². The molecule has 4 N–H and O–H groups in total. The van der Waals surface area contributed by atoms with Crippen LogP contribution in [0.15, 0.2) is 56.9 Å². The first-order chi connectivity index (χ1) is 12.7. The number of allylic oxidation sites excluding steroid dienone is 2. The van der Waals surface area contributed by atoms with Gasteiger partial charge in [-0.1, -0.05) is 11.7 Å². The van der Waals surface area contributed by atoms with Crippen molar-refractivity contribution in [1.29, 1.82) is 0 Å². The van der Waals surface area contributed by atoms with Gasteiger partial charge in [0.2, 0.25) is 0 Å². The lowest BCUT2D eigenvalue weighted by molar-refractivity contribution is 0.181. The molecule has 1 aromatic rings. The number of hydrogen-bond acceptors (Lipinski definition) is 7. The van der Waals surface area contributed by atoms with Crippen LogP contribution in [0, 0.1) is 0 Å². The molecule has 0 saturated heterocycles. The number of aliphatic hydroxyl groups excluding tert-OH is 1. The molecule has 0 atom stereocenters. The molecule has 7 heteroatoms. The van der Waals surface area contributed by atoms with Crippen molar-refractivity contribution in [2.75, 3.05) is 19.5 Å². The number of oxime groups is 1. The van der Waals surface area contributed by atoms with E-state index in [2.05, 4.69) is 16.7 Å². The minimum atomic E-state index is -0.126. The second-order valence-corrected chi connectivity index (χ2v) is 6.49. The van der Waals surface area contributed by atoms with E-state index in [1.54, 1.807) is 19.1 Å². The van der Waals surface area contributed by atoms with Crippen LogP contribution in [0.3, 0.4) is 0 Å². The summed E-state index contributed by atoms with van der Waals surface area (Å²) in [6, 6.07) is 3.22. The number of nitrogens with two attached hydrogens (primary N) is 1. The van der Waals surface area contributed by atoms with Gasteiger partial charge in [-0.2, -0.15) is 0 Å². The third-order valence-electron chi connectivity index (χ3n) is 4.10. The van der Waals surface area contributed by atoms with Gasteiger partial charge >= 0.3 is 0 Å². The number of rotatable bonds is 5. The number of hydrogen-bond donors (Lipinski definition) is 3. The molecule has 27 heavy (non-hydrogen) atoms. The van der Waals surface area contributed by atoms with E-state index < -0.39 is 0 Å². The Morgan fingerprint density at radius 3 is 2.48 bits per heavy atom. The lowest BCUT2D eigenvalue weighted by Gasteiger charge is -2.18. The van der Waals surface area contributed by atoms with Gasteiger partial charge in [-0.3, -0.25) is 0 Å². The van der Waals surface area contributed by atoms with Crippen molar-refractivity contribution < 1.29 is 19.8 Å². The summed E-state index contributed by atoms with van der Waals surface area (Å²) in [6.45, 7) is 11.3. The van der Waals surface area contributed by atoms with Crippen molar-refractivity contribution in [3.8, 4) is 11.5 Å². The fourth-order valence-corrected chi connectivity index (χ4v) is 2.71. The van der Waals surface area contributed by atoms with Crippen molar-refractivity contribution in [2.45, 2.75) is 27.7 Å². The Bertz CT molecular complexity index is 904. The highest BCUT2D eigenvalue weighted by Crippen LogP contribution is 2.34. The maximum Gasteiger partial charge on any atom is 0.199 e. The molecule has 0 aliphatic carbocycles. The number of methoxy groups -OCH3 is 1. The molecule has 1 heterocycles. The maximum absolute atomic E-state index is 10.3. The summed E-state index contributed by atoms with van der Waals surface area (Å²) in [7, 11) is 1.44. The molecule has 1 aliphatic heterocycles. The van der Waals surface area contributed by atoms with Crippen molar-refractivity contribution in [1.82, 2.24) is 0 Å². The molecule has 0 amide bonds. The van der Waals surface area contributed by atoms with E-state index in [9.17, 15) is 10.2 Å². The summed E-state index contributed by atoms with van der Waals surface area (Å²) in [6.07, 6.45) is 0. The zero-order chi connectivity index (χ0) is 20.3. The van der Waals surface area contributed by atoms with Crippen LogP contribution < -0.4 is 10.5 Å². The number of anilines is 1. The summed E-state index contributed by atoms with van der Waals surface area (Å²) < 4.78 is 5.15. The Hall–Kier alpha value is -3.22. The first-order valence-corrected chi connectivity index (χ1v) is 8.35. The third-order valence-corrected chi connectivity index (χ3v) is 4.10. The van der Waals surface area contributed by atoms with Gasteiger partial charge in [0.15, 0.2) is 23.9 Å². The van der Waals surface area contributed by atoms with E-state index in [1.165, 1.54) is 7.11 Å². The Morgan fingerprint density at radius 1 is 1.26 bits per heavy atom. The van der Waals surface area contributed by atoms with Crippen LogP contribution in [0.25, 0.3) is 0 Å². The van der Waals surface area contributed by atoms with Gasteiger partial charge in [-0.25, -0.2) is 4.99 Å². The lowest BCUT2D eigenvalue weighted by Crippen LogP contribution is -2.19. The van der Waals surface area contributed by atoms with Crippen molar-refractivity contribution >= 4 is 17.2 Å².